The van der Waals surface area contributed by atoms with Crippen LogP contribution in [0.1, 0.15) is 161 Å². The van der Waals surface area contributed by atoms with Crippen molar-refractivity contribution in [2.75, 3.05) is 59.1 Å². The van der Waals surface area contributed by atoms with Crippen LogP contribution in [0.25, 0.3) is 33.1 Å². The predicted molar refractivity (Wildman–Crippen MR) is 470 cm³/mol. The van der Waals surface area contributed by atoms with Gasteiger partial charge in [-0.05, 0) is 218 Å². The van der Waals surface area contributed by atoms with Gasteiger partial charge in [-0.2, -0.15) is 0 Å². The van der Waals surface area contributed by atoms with Crippen molar-refractivity contribution >= 4 is 85.4 Å². The molecule has 0 bridgehead atoms. The monoisotopic (exact) mass is 1780 g/mol. The molecule has 9 aliphatic rings. The number of hydrogen-bond acceptors (Lipinski definition) is 19. The molecule has 3 saturated carbocycles. The van der Waals surface area contributed by atoms with Crippen molar-refractivity contribution in [3.05, 3.63) is 264 Å². The zero-order valence-corrected chi connectivity index (χ0v) is 72.6. The minimum atomic E-state index is -0.942. The number of ether oxygens (including phenoxy) is 6. The summed E-state index contributed by atoms with van der Waals surface area (Å²) < 4.78 is 84.0. The number of rotatable bonds is 27. The standard InChI is InChI=1S/2C32H32ClFN4O3.C31H30ClFN4O4.CH4.Li.2H2O/c2*1-20(39)21-6-8-27-28(13-21)38(17-25-9-12-40-25)30(35-27)18-37-11-10-32(15-23(32)16-37)29-3-2-4-31(36-29)41-19-22-5-7-24(33)14-26(22)34;32-22-6-4-20(24(33)13-22)18-41-29-3-1-2-27(35-29)31-9-10-36(15-21(31)14-31)17-28-34-25-7-5-19(30(38)39)12-26(25)37(28)16-23-8-11-40-23;;;;/h2*2-8,13-14,23,25H,9-12,15-19H2,1H3;1-7,12-13,21,23H,8-11,14-18H2,(H,38,39);1H4;;2*1H2/q;;;;+1;;/p-1/t23-,25+,32+;23-,25-,32+;21-,23-,31+;;;;/m100..../s1. The first-order valence-electron chi connectivity index (χ1n) is 42.5. The number of hydrogen-bond donors (Lipinski definition) is 1. The maximum Gasteiger partial charge on any atom is 1.00 e. The number of carboxylic acid groups (broad SMARTS) is 1. The number of Topliss-reactive ketones (excluding diaryl/α,β-unsaturated/α-hetero) is 2. The largest absolute Gasteiger partial charge is 1.00 e. The summed E-state index contributed by atoms with van der Waals surface area (Å²) in [6.45, 7) is 15.9. The van der Waals surface area contributed by atoms with Gasteiger partial charge in [0, 0.05) is 117 Å². The van der Waals surface area contributed by atoms with Gasteiger partial charge in [-0.15, -0.1) is 0 Å². The smallest absolute Gasteiger partial charge is 0.870 e. The van der Waals surface area contributed by atoms with Crippen LogP contribution in [0.2, 0.25) is 15.1 Å². The molecule has 6 saturated heterocycles. The summed E-state index contributed by atoms with van der Waals surface area (Å²) in [5.74, 6) is 4.04. The van der Waals surface area contributed by atoms with Crippen molar-refractivity contribution in [3.8, 4) is 17.6 Å². The fourth-order valence-electron chi connectivity index (χ4n) is 19.1. The molecule has 0 unspecified atom stereocenters. The van der Waals surface area contributed by atoms with Gasteiger partial charge >= 0.3 is 24.8 Å². The van der Waals surface area contributed by atoms with E-state index in [0.717, 1.165) is 211 Å². The summed E-state index contributed by atoms with van der Waals surface area (Å²) in [5, 5.41) is 10.6. The van der Waals surface area contributed by atoms with Gasteiger partial charge in [0.05, 0.1) is 113 Å². The molecule has 0 spiro atoms. The summed E-state index contributed by atoms with van der Waals surface area (Å²) in [5.41, 5.74) is 11.8. The van der Waals surface area contributed by atoms with Crippen LogP contribution in [-0.4, -0.2) is 169 Å². The summed E-state index contributed by atoms with van der Waals surface area (Å²) in [7, 11) is 0. The third kappa shape index (κ3) is 19.6. The molecule has 127 heavy (non-hydrogen) atoms. The average molecular weight is 1790 g/mol. The second-order valence-corrected chi connectivity index (χ2v) is 35.9. The van der Waals surface area contributed by atoms with Crippen LogP contribution < -0.4 is 33.1 Å². The normalized spacial score (nSPS) is 22.9. The number of carbonyl (C=O) groups excluding carboxylic acids is 2. The maximum atomic E-state index is 14.2. The second-order valence-electron chi connectivity index (χ2n) is 34.6. The molecule has 0 radical (unpaired) electrons. The second kappa shape index (κ2) is 38.6. The number of imidazole rings is 3. The van der Waals surface area contributed by atoms with E-state index in [0.29, 0.717) is 91.4 Å². The molecule has 660 valence electrons. The van der Waals surface area contributed by atoms with Crippen molar-refractivity contribution < 1.29 is 90.9 Å². The van der Waals surface area contributed by atoms with Crippen LogP contribution in [0.5, 0.6) is 17.6 Å². The maximum absolute atomic E-state index is 14.2. The first-order valence-corrected chi connectivity index (χ1v) is 43.6. The van der Waals surface area contributed by atoms with Crippen molar-refractivity contribution in [3.63, 3.8) is 0 Å². The SMILES string of the molecule is C.CC(=O)c1ccc2nc(CN3CC[C@@]4(c5cccc(OCc6ccc(Cl)cc6F)n5)C[C@H]4C3)n(C[C@@H]3CCO3)c2c1.CC(=O)c1ccc2nc(CN3CC[C@]4(c5cccc(OCc6ccc(Cl)cc6F)n5)C[C@@H]4C3)n(C[C@@H]3CCO3)c2c1.O.O=C(O)c1ccc2nc(CN3CC[C@@]4(c5cccc(OCc6ccc(Cl)cc6F)n5)C[C@H]4C3)n(C[C@@H]3CCO3)c2c1.[Li+].[OH-]. The van der Waals surface area contributed by atoms with Crippen LogP contribution in [0.4, 0.5) is 13.2 Å². The molecule has 9 atom stereocenters. The molecule has 0 amide bonds. The first kappa shape index (κ1) is 92.1. The molecular formula is C96H101Cl3F3LiN12O12. The molecule has 6 aromatic carbocycles. The Bertz CT molecular complexity index is 5500. The van der Waals surface area contributed by atoms with Crippen LogP contribution in [-0.2, 0) is 89.5 Å². The van der Waals surface area contributed by atoms with E-state index in [-0.39, 0.29) is 120 Å². The van der Waals surface area contributed by atoms with Gasteiger partial charge in [0.25, 0.3) is 0 Å². The van der Waals surface area contributed by atoms with Gasteiger partial charge in [0.1, 0.15) is 54.7 Å². The Morgan fingerprint density at radius 1 is 0.441 bits per heavy atom. The van der Waals surface area contributed by atoms with Crippen LogP contribution in [0, 0.1) is 35.2 Å². The number of carbonyl (C=O) groups is 3. The number of pyridine rings is 3. The first-order chi connectivity index (χ1) is 59.6. The molecule has 21 rings (SSSR count). The number of aromatic carboxylic acids is 1. The Hall–Kier alpha value is -9.67. The third-order valence-corrected chi connectivity index (χ3v) is 27.5. The Kier molecular flexibility index (Phi) is 27.9. The number of ketones is 2. The van der Waals surface area contributed by atoms with E-state index >= 15 is 0 Å². The van der Waals surface area contributed by atoms with E-state index < -0.39 is 11.8 Å². The van der Waals surface area contributed by atoms with E-state index in [2.05, 4.69) is 46.6 Å². The summed E-state index contributed by atoms with van der Waals surface area (Å²) in [6.07, 6.45) is 9.89. The zero-order valence-electron chi connectivity index (χ0n) is 70.3. The van der Waals surface area contributed by atoms with E-state index in [1.165, 1.54) is 18.2 Å². The van der Waals surface area contributed by atoms with Crippen LogP contribution >= 0.6 is 34.8 Å². The van der Waals surface area contributed by atoms with Gasteiger partial charge in [0.15, 0.2) is 11.6 Å². The van der Waals surface area contributed by atoms with Crippen LogP contribution in [0.3, 0.4) is 0 Å². The molecule has 6 aromatic heterocycles. The van der Waals surface area contributed by atoms with Gasteiger partial charge in [-0.25, -0.2) is 47.9 Å². The minimum Gasteiger partial charge on any atom is -0.870 e. The summed E-state index contributed by atoms with van der Waals surface area (Å²) >= 11 is 17.6. The van der Waals surface area contributed by atoms with Gasteiger partial charge in [0.2, 0.25) is 17.6 Å². The number of fused-ring (bicyclic) bond motifs is 6. The molecular weight excluding hydrogens is 1680 g/mol. The van der Waals surface area contributed by atoms with E-state index in [1.54, 1.807) is 68.4 Å². The molecule has 24 nitrogen and oxygen atoms in total. The number of likely N-dealkylation sites (tertiary alicyclic amines) is 3. The van der Waals surface area contributed by atoms with Crippen molar-refractivity contribution in [1.29, 1.82) is 0 Å². The fraction of sp³-hybridized carbons (Fsp3) is 0.406. The number of piperidine rings is 3. The Balaban J connectivity index is 0.000000144. The minimum absolute atomic E-state index is 0. The van der Waals surface area contributed by atoms with E-state index in [4.69, 9.17) is 93.1 Å². The number of benzene rings is 6. The molecule has 12 heterocycles. The summed E-state index contributed by atoms with van der Waals surface area (Å²) in [4.78, 5) is 72.6. The molecule has 9 fully saturated rings. The Morgan fingerprint density at radius 3 is 1.01 bits per heavy atom. The zero-order chi connectivity index (χ0) is 84.4. The molecule has 3 aliphatic carbocycles. The summed E-state index contributed by atoms with van der Waals surface area (Å²) in [6, 6.07) is 48.1. The fourth-order valence-corrected chi connectivity index (χ4v) is 19.5. The van der Waals surface area contributed by atoms with Crippen molar-refractivity contribution in [2.24, 2.45) is 17.8 Å². The van der Waals surface area contributed by atoms with Gasteiger partial charge in [-0.1, -0.05) is 78.6 Å². The Labute approximate surface area is 761 Å². The Morgan fingerprint density at radius 2 is 0.740 bits per heavy atom. The number of nitrogens with zero attached hydrogens (tertiary/aromatic N) is 12. The topological polar surface area (TPSA) is 290 Å². The number of carboxylic acids is 1. The third-order valence-electron chi connectivity index (χ3n) is 26.8. The predicted octanol–water partition coefficient (Wildman–Crippen LogP) is 14.0. The molecule has 12 aromatic rings. The quantitative estimate of drug-likeness (QED) is 0.0369. The van der Waals surface area contributed by atoms with Crippen molar-refractivity contribution in [1.82, 2.24) is 58.3 Å². The molecule has 6 aliphatic heterocycles. The van der Waals surface area contributed by atoms with Crippen molar-refractivity contribution in [2.45, 2.75) is 173 Å². The van der Waals surface area contributed by atoms with Gasteiger partial charge in [-0.3, -0.25) is 24.3 Å². The molecule has 4 N–H and O–H groups in total. The molecule has 31 heteroatoms. The van der Waals surface area contributed by atoms with Crippen LogP contribution in [0.15, 0.2) is 164 Å². The number of halogens is 6. The van der Waals surface area contributed by atoms with Gasteiger partial charge < -0.3 is 58.2 Å². The van der Waals surface area contributed by atoms with E-state index in [1.807, 2.05) is 72.8 Å². The van der Waals surface area contributed by atoms with E-state index in [9.17, 15) is 32.7 Å². The number of aromatic nitrogens is 9. The average Bonchev–Trinajstić information content (AvgIpc) is 1.57.